The van der Waals surface area contributed by atoms with Crippen molar-refractivity contribution in [2.75, 3.05) is 12.4 Å². The molecule has 0 bridgehead atoms. The second kappa shape index (κ2) is 6.69. The molecule has 0 heterocycles. The number of rotatable bonds is 6. The summed E-state index contributed by atoms with van der Waals surface area (Å²) in [6.07, 6.45) is 2.20. The molecule has 0 aromatic heterocycles. The number of thiol groups is 1. The third-order valence-electron chi connectivity index (χ3n) is 3.51. The Balaban J connectivity index is 2.72. The molecule has 0 amide bonds. The highest BCUT2D eigenvalue weighted by atomic mass is 79.9. The average molecular weight is 317 g/mol. The fraction of sp³-hybridized carbons (Fsp3) is 0.571. The van der Waals surface area contributed by atoms with Gasteiger partial charge in [-0.05, 0) is 49.3 Å². The molecule has 0 unspecified atom stereocenters. The van der Waals surface area contributed by atoms with Crippen LogP contribution in [0, 0.1) is 12.3 Å². The van der Waals surface area contributed by atoms with E-state index in [0.717, 1.165) is 35.4 Å². The van der Waals surface area contributed by atoms with Crippen molar-refractivity contribution in [3.05, 3.63) is 28.2 Å². The minimum Gasteiger partial charge on any atom is -0.493 e. The molecule has 1 aromatic rings. The van der Waals surface area contributed by atoms with Crippen LogP contribution in [0.1, 0.15) is 32.3 Å². The van der Waals surface area contributed by atoms with Crippen LogP contribution in [-0.2, 0) is 0 Å². The Hall–Kier alpha value is -0.150. The van der Waals surface area contributed by atoms with Crippen LogP contribution in [0.3, 0.4) is 0 Å². The standard InChI is InChI=1S/C14H21BrOS/c1-4-14(5-2,10-17)9-16-13-7-6-12(15)8-11(13)3/h6-8,17H,4-5,9-10H2,1-3H3. The summed E-state index contributed by atoms with van der Waals surface area (Å²) in [6.45, 7) is 7.22. The number of aryl methyl sites for hydroxylation is 1. The van der Waals surface area contributed by atoms with Crippen molar-refractivity contribution in [3.63, 3.8) is 0 Å². The van der Waals surface area contributed by atoms with Gasteiger partial charge in [0.2, 0.25) is 0 Å². The minimum atomic E-state index is 0.197. The normalized spacial score (nSPS) is 11.6. The Morgan fingerprint density at radius 1 is 1.29 bits per heavy atom. The van der Waals surface area contributed by atoms with Crippen molar-refractivity contribution >= 4 is 28.6 Å². The van der Waals surface area contributed by atoms with Gasteiger partial charge in [0.25, 0.3) is 0 Å². The van der Waals surface area contributed by atoms with Crippen molar-refractivity contribution in [2.24, 2.45) is 5.41 Å². The first kappa shape index (κ1) is 14.9. The molecule has 1 nitrogen and oxygen atoms in total. The zero-order chi connectivity index (χ0) is 12.9. The summed E-state index contributed by atoms with van der Waals surface area (Å²) in [5.74, 6) is 1.84. The molecule has 17 heavy (non-hydrogen) atoms. The first-order valence-corrected chi connectivity index (χ1v) is 7.49. The van der Waals surface area contributed by atoms with Crippen LogP contribution < -0.4 is 4.74 Å². The zero-order valence-electron chi connectivity index (χ0n) is 10.8. The summed E-state index contributed by atoms with van der Waals surface area (Å²) in [4.78, 5) is 0. The first-order valence-electron chi connectivity index (χ1n) is 6.06. The summed E-state index contributed by atoms with van der Waals surface area (Å²) in [5, 5.41) is 0. The minimum absolute atomic E-state index is 0.197. The van der Waals surface area contributed by atoms with Crippen molar-refractivity contribution in [1.29, 1.82) is 0 Å². The molecular weight excluding hydrogens is 296 g/mol. The Bertz CT molecular complexity index is 353. The zero-order valence-corrected chi connectivity index (χ0v) is 13.3. The van der Waals surface area contributed by atoms with Gasteiger partial charge < -0.3 is 4.74 Å². The van der Waals surface area contributed by atoms with Gasteiger partial charge in [-0.3, -0.25) is 0 Å². The Kier molecular flexibility index (Phi) is 5.87. The van der Waals surface area contributed by atoms with E-state index in [1.54, 1.807) is 0 Å². The number of hydrogen-bond acceptors (Lipinski definition) is 2. The molecule has 0 aliphatic rings. The lowest BCUT2D eigenvalue weighted by atomic mass is 9.85. The summed E-state index contributed by atoms with van der Waals surface area (Å²) in [5.41, 5.74) is 1.36. The maximum Gasteiger partial charge on any atom is 0.122 e. The highest BCUT2D eigenvalue weighted by molar-refractivity contribution is 9.10. The van der Waals surface area contributed by atoms with Crippen molar-refractivity contribution in [1.82, 2.24) is 0 Å². The maximum atomic E-state index is 5.96. The van der Waals surface area contributed by atoms with Crippen LogP contribution in [0.2, 0.25) is 0 Å². The summed E-state index contributed by atoms with van der Waals surface area (Å²) >= 11 is 7.92. The molecule has 0 fully saturated rings. The summed E-state index contributed by atoms with van der Waals surface area (Å²) in [6, 6.07) is 6.12. The predicted molar refractivity (Wildman–Crippen MR) is 81.2 cm³/mol. The van der Waals surface area contributed by atoms with Crippen LogP contribution in [0.25, 0.3) is 0 Å². The number of halogens is 1. The summed E-state index contributed by atoms with van der Waals surface area (Å²) < 4.78 is 7.05. The van der Waals surface area contributed by atoms with Crippen molar-refractivity contribution < 1.29 is 4.74 Å². The van der Waals surface area contributed by atoms with Crippen LogP contribution in [0.15, 0.2) is 22.7 Å². The lowest BCUT2D eigenvalue weighted by molar-refractivity contribution is 0.156. The Morgan fingerprint density at radius 3 is 2.41 bits per heavy atom. The van der Waals surface area contributed by atoms with E-state index in [1.807, 2.05) is 12.1 Å². The molecule has 0 N–H and O–H groups in total. The highest BCUT2D eigenvalue weighted by Gasteiger charge is 2.25. The van der Waals surface area contributed by atoms with Gasteiger partial charge in [0.15, 0.2) is 0 Å². The molecule has 0 radical (unpaired) electrons. The van der Waals surface area contributed by atoms with Gasteiger partial charge in [0, 0.05) is 9.89 Å². The molecule has 1 aromatic carbocycles. The van der Waals surface area contributed by atoms with E-state index in [1.165, 1.54) is 5.56 Å². The third-order valence-corrected chi connectivity index (χ3v) is 4.67. The van der Waals surface area contributed by atoms with Gasteiger partial charge in [0.05, 0.1) is 6.61 Å². The molecular formula is C14H21BrOS. The fourth-order valence-electron chi connectivity index (χ4n) is 1.73. The predicted octanol–water partition coefficient (Wildman–Crippen LogP) is 4.87. The summed E-state index contributed by atoms with van der Waals surface area (Å²) in [7, 11) is 0. The Morgan fingerprint density at radius 2 is 1.94 bits per heavy atom. The van der Waals surface area contributed by atoms with Gasteiger partial charge in [-0.15, -0.1) is 0 Å². The van der Waals surface area contributed by atoms with Crippen LogP contribution in [0.4, 0.5) is 0 Å². The Labute approximate surface area is 118 Å². The van der Waals surface area contributed by atoms with Crippen molar-refractivity contribution in [3.8, 4) is 5.75 Å². The lowest BCUT2D eigenvalue weighted by Gasteiger charge is -2.29. The van der Waals surface area contributed by atoms with E-state index < -0.39 is 0 Å². The second-order valence-corrected chi connectivity index (χ2v) is 5.80. The van der Waals surface area contributed by atoms with Crippen LogP contribution in [-0.4, -0.2) is 12.4 Å². The highest BCUT2D eigenvalue weighted by Crippen LogP contribution is 2.30. The molecule has 0 aliphatic carbocycles. The quantitative estimate of drug-likeness (QED) is 0.736. The average Bonchev–Trinajstić information content (AvgIpc) is 2.33. The third kappa shape index (κ3) is 3.92. The van der Waals surface area contributed by atoms with E-state index in [0.29, 0.717) is 0 Å². The van der Waals surface area contributed by atoms with E-state index >= 15 is 0 Å². The number of ether oxygens (including phenoxy) is 1. The topological polar surface area (TPSA) is 9.23 Å². The first-order chi connectivity index (χ1) is 8.06. The number of hydrogen-bond donors (Lipinski definition) is 1. The van der Waals surface area contributed by atoms with Gasteiger partial charge >= 0.3 is 0 Å². The second-order valence-electron chi connectivity index (χ2n) is 4.56. The van der Waals surface area contributed by atoms with E-state index in [4.69, 9.17) is 4.74 Å². The SMILES string of the molecule is CCC(CC)(CS)COc1ccc(Br)cc1C. The fourth-order valence-corrected chi connectivity index (χ4v) is 2.74. The van der Waals surface area contributed by atoms with E-state index in [-0.39, 0.29) is 5.41 Å². The molecule has 0 aliphatic heterocycles. The van der Waals surface area contributed by atoms with E-state index in [2.05, 4.69) is 55.4 Å². The molecule has 0 atom stereocenters. The molecule has 0 saturated heterocycles. The van der Waals surface area contributed by atoms with Crippen LogP contribution >= 0.6 is 28.6 Å². The monoisotopic (exact) mass is 316 g/mol. The molecule has 0 saturated carbocycles. The molecule has 1 rings (SSSR count). The lowest BCUT2D eigenvalue weighted by Crippen LogP contribution is -2.29. The van der Waals surface area contributed by atoms with Gasteiger partial charge in [0.1, 0.15) is 5.75 Å². The van der Waals surface area contributed by atoms with Gasteiger partial charge in [-0.1, -0.05) is 29.8 Å². The smallest absolute Gasteiger partial charge is 0.122 e. The van der Waals surface area contributed by atoms with Gasteiger partial charge in [-0.25, -0.2) is 0 Å². The van der Waals surface area contributed by atoms with Crippen LogP contribution in [0.5, 0.6) is 5.75 Å². The molecule has 3 heteroatoms. The van der Waals surface area contributed by atoms with E-state index in [9.17, 15) is 0 Å². The molecule has 0 spiro atoms. The maximum absolute atomic E-state index is 5.96. The molecule has 96 valence electrons. The van der Waals surface area contributed by atoms with Crippen molar-refractivity contribution in [2.45, 2.75) is 33.6 Å². The number of benzene rings is 1. The van der Waals surface area contributed by atoms with Gasteiger partial charge in [-0.2, -0.15) is 12.6 Å². The largest absolute Gasteiger partial charge is 0.493 e.